The first-order chi connectivity index (χ1) is 12.1. The van der Waals surface area contributed by atoms with E-state index in [2.05, 4.69) is 25.7 Å². The lowest BCUT2D eigenvalue weighted by molar-refractivity contribution is 0.218. The van der Waals surface area contributed by atoms with Crippen LogP contribution in [0.15, 0.2) is 18.6 Å². The predicted molar refractivity (Wildman–Crippen MR) is 96.3 cm³/mol. The second-order valence-electron chi connectivity index (χ2n) is 6.58. The van der Waals surface area contributed by atoms with Gasteiger partial charge in [-0.3, -0.25) is 9.36 Å². The number of aryl methyl sites for hydroxylation is 1. The van der Waals surface area contributed by atoms with Gasteiger partial charge in [-0.05, 0) is 32.9 Å². The third-order valence-electron chi connectivity index (χ3n) is 4.76. The molecule has 1 fully saturated rings. The fraction of sp³-hybridized carbons (Fsp3) is 0.588. The van der Waals surface area contributed by atoms with Gasteiger partial charge in [-0.25, -0.2) is 4.79 Å². The maximum atomic E-state index is 12.0. The minimum Gasteiger partial charge on any atom is -0.334 e. The molecule has 0 radical (unpaired) electrons. The van der Waals surface area contributed by atoms with Gasteiger partial charge in [0.25, 0.3) is 0 Å². The number of aromatic nitrogens is 4. The summed E-state index contributed by atoms with van der Waals surface area (Å²) in [7, 11) is 1.89. The number of nitrogens with one attached hydrogen (secondary N) is 2. The van der Waals surface area contributed by atoms with Crippen LogP contribution in [0.4, 0.5) is 10.5 Å². The molecule has 1 saturated heterocycles. The molecule has 8 heteroatoms. The fourth-order valence-electron chi connectivity index (χ4n) is 3.05. The van der Waals surface area contributed by atoms with Crippen molar-refractivity contribution in [2.75, 3.05) is 25.0 Å². The van der Waals surface area contributed by atoms with E-state index in [9.17, 15) is 4.79 Å². The number of amides is 2. The predicted octanol–water partition coefficient (Wildman–Crippen LogP) is 1.73. The van der Waals surface area contributed by atoms with E-state index in [4.69, 9.17) is 0 Å². The number of carbonyl (C=O) groups is 1. The molecule has 3 rings (SSSR count). The first-order valence-electron chi connectivity index (χ1n) is 8.89. The zero-order valence-electron chi connectivity index (χ0n) is 15.0. The van der Waals surface area contributed by atoms with Crippen LogP contribution in [0.25, 0.3) is 0 Å². The van der Waals surface area contributed by atoms with Gasteiger partial charge >= 0.3 is 6.03 Å². The summed E-state index contributed by atoms with van der Waals surface area (Å²) in [6, 6.07) is -0.237. The molecule has 25 heavy (non-hydrogen) atoms. The van der Waals surface area contributed by atoms with E-state index in [1.165, 1.54) is 32.4 Å². The number of nitrogens with zero attached hydrogens (tertiary/aromatic N) is 5. The van der Waals surface area contributed by atoms with E-state index in [0.29, 0.717) is 12.2 Å². The van der Waals surface area contributed by atoms with Crippen molar-refractivity contribution in [2.45, 2.75) is 39.3 Å². The molecular formula is C17H27N7O. The molecule has 1 aliphatic heterocycles. The van der Waals surface area contributed by atoms with Crippen LogP contribution >= 0.6 is 0 Å². The zero-order valence-corrected chi connectivity index (χ0v) is 15.0. The molecule has 0 bridgehead atoms. The number of likely N-dealkylation sites (tertiary alicyclic amines) is 1. The van der Waals surface area contributed by atoms with E-state index in [1.807, 2.05) is 24.9 Å². The summed E-state index contributed by atoms with van der Waals surface area (Å²) in [6.07, 6.45) is 9.27. The second kappa shape index (κ2) is 8.15. The standard InChI is InChI=1S/C17H27N7O/c1-14-15(11-19-22(14)2)10-18-17(25)21-16-12-20-24(13-16)9-8-23-6-4-3-5-7-23/h11-13H,3-10H2,1-2H3,(H2,18,21,25). The van der Waals surface area contributed by atoms with Gasteiger partial charge in [0.1, 0.15) is 0 Å². The largest absolute Gasteiger partial charge is 0.334 e. The SMILES string of the molecule is Cc1c(CNC(=O)Nc2cnn(CCN3CCCCC3)c2)cnn1C. The molecule has 2 aromatic heterocycles. The fourth-order valence-corrected chi connectivity index (χ4v) is 3.05. The van der Waals surface area contributed by atoms with Gasteiger partial charge in [0.15, 0.2) is 0 Å². The first kappa shape index (κ1) is 17.5. The van der Waals surface area contributed by atoms with Crippen molar-refractivity contribution >= 4 is 11.7 Å². The molecule has 3 heterocycles. The summed E-state index contributed by atoms with van der Waals surface area (Å²) >= 11 is 0. The maximum Gasteiger partial charge on any atom is 0.319 e. The highest BCUT2D eigenvalue weighted by Crippen LogP contribution is 2.10. The zero-order chi connectivity index (χ0) is 17.6. The number of rotatable bonds is 6. The van der Waals surface area contributed by atoms with Crippen LogP contribution in [0.1, 0.15) is 30.5 Å². The second-order valence-corrected chi connectivity index (χ2v) is 6.58. The van der Waals surface area contributed by atoms with E-state index >= 15 is 0 Å². The number of carbonyl (C=O) groups excluding carboxylic acids is 1. The lowest BCUT2D eigenvalue weighted by Gasteiger charge is -2.26. The molecule has 2 aromatic rings. The van der Waals surface area contributed by atoms with Gasteiger partial charge in [0.2, 0.25) is 0 Å². The summed E-state index contributed by atoms with van der Waals surface area (Å²) in [4.78, 5) is 14.5. The molecule has 136 valence electrons. The van der Waals surface area contributed by atoms with Gasteiger partial charge in [0, 0.05) is 37.6 Å². The van der Waals surface area contributed by atoms with Crippen molar-refractivity contribution in [3.05, 3.63) is 29.8 Å². The van der Waals surface area contributed by atoms with Crippen molar-refractivity contribution in [1.82, 2.24) is 29.8 Å². The van der Waals surface area contributed by atoms with Gasteiger partial charge in [-0.2, -0.15) is 10.2 Å². The van der Waals surface area contributed by atoms with Crippen molar-refractivity contribution < 1.29 is 4.79 Å². The summed E-state index contributed by atoms with van der Waals surface area (Å²) in [6.45, 7) is 6.65. The summed E-state index contributed by atoms with van der Waals surface area (Å²) in [5.74, 6) is 0. The van der Waals surface area contributed by atoms with Crippen molar-refractivity contribution in [1.29, 1.82) is 0 Å². The average Bonchev–Trinajstić information content (AvgIpc) is 3.20. The Bertz CT molecular complexity index is 700. The molecule has 2 amide bonds. The Balaban J connectivity index is 1.42. The Hall–Kier alpha value is -2.35. The van der Waals surface area contributed by atoms with Gasteiger partial charge < -0.3 is 15.5 Å². The topological polar surface area (TPSA) is 80.0 Å². The van der Waals surface area contributed by atoms with E-state index in [-0.39, 0.29) is 6.03 Å². The molecule has 0 atom stereocenters. The molecule has 0 saturated carbocycles. The van der Waals surface area contributed by atoms with Crippen LogP contribution in [0.3, 0.4) is 0 Å². The number of hydrogen-bond donors (Lipinski definition) is 2. The van der Waals surface area contributed by atoms with Gasteiger partial charge in [0.05, 0.1) is 24.6 Å². The Morgan fingerprint density at radius 1 is 1.16 bits per heavy atom. The molecule has 0 aliphatic carbocycles. The Morgan fingerprint density at radius 3 is 2.68 bits per heavy atom. The van der Waals surface area contributed by atoms with E-state index in [1.54, 1.807) is 17.1 Å². The van der Waals surface area contributed by atoms with Crippen LogP contribution in [-0.2, 0) is 20.1 Å². The number of hydrogen-bond acceptors (Lipinski definition) is 4. The third-order valence-corrected chi connectivity index (χ3v) is 4.76. The van der Waals surface area contributed by atoms with Gasteiger partial charge in [-0.1, -0.05) is 6.42 Å². The molecule has 0 unspecified atom stereocenters. The van der Waals surface area contributed by atoms with Crippen LogP contribution in [0.2, 0.25) is 0 Å². The lowest BCUT2D eigenvalue weighted by Crippen LogP contribution is -2.32. The molecule has 0 aromatic carbocycles. The highest BCUT2D eigenvalue weighted by molar-refractivity contribution is 5.88. The Kier molecular flexibility index (Phi) is 5.70. The Morgan fingerprint density at radius 2 is 1.96 bits per heavy atom. The molecular weight excluding hydrogens is 318 g/mol. The summed E-state index contributed by atoms with van der Waals surface area (Å²) in [5.41, 5.74) is 2.76. The van der Waals surface area contributed by atoms with Crippen LogP contribution in [0.5, 0.6) is 0 Å². The van der Waals surface area contributed by atoms with Crippen molar-refractivity contribution in [3.8, 4) is 0 Å². The van der Waals surface area contributed by atoms with Crippen molar-refractivity contribution in [3.63, 3.8) is 0 Å². The summed E-state index contributed by atoms with van der Waals surface area (Å²) in [5, 5.41) is 14.2. The third kappa shape index (κ3) is 4.82. The van der Waals surface area contributed by atoms with E-state index in [0.717, 1.165) is 24.3 Å². The highest BCUT2D eigenvalue weighted by atomic mass is 16.2. The number of piperidine rings is 1. The average molecular weight is 345 g/mol. The van der Waals surface area contributed by atoms with Crippen LogP contribution in [-0.4, -0.2) is 50.1 Å². The number of urea groups is 1. The normalized spacial score (nSPS) is 15.3. The minimum atomic E-state index is -0.237. The quantitative estimate of drug-likeness (QED) is 0.836. The minimum absolute atomic E-state index is 0.237. The van der Waals surface area contributed by atoms with Gasteiger partial charge in [-0.15, -0.1) is 0 Å². The lowest BCUT2D eigenvalue weighted by atomic mass is 10.1. The number of anilines is 1. The summed E-state index contributed by atoms with van der Waals surface area (Å²) < 4.78 is 3.68. The molecule has 8 nitrogen and oxygen atoms in total. The monoisotopic (exact) mass is 345 g/mol. The highest BCUT2D eigenvalue weighted by Gasteiger charge is 2.11. The first-order valence-corrected chi connectivity index (χ1v) is 8.89. The van der Waals surface area contributed by atoms with Crippen molar-refractivity contribution in [2.24, 2.45) is 7.05 Å². The molecule has 0 spiro atoms. The van der Waals surface area contributed by atoms with Crippen LogP contribution in [0, 0.1) is 6.92 Å². The maximum absolute atomic E-state index is 12.0. The van der Waals surface area contributed by atoms with Crippen LogP contribution < -0.4 is 10.6 Å². The van der Waals surface area contributed by atoms with E-state index < -0.39 is 0 Å². The Labute approximate surface area is 148 Å². The smallest absolute Gasteiger partial charge is 0.319 e. The molecule has 2 N–H and O–H groups in total. The molecule has 1 aliphatic rings.